The van der Waals surface area contributed by atoms with Crippen LogP contribution in [0.5, 0.6) is 0 Å². The third kappa shape index (κ3) is 8.79. The molecule has 2 N–H and O–H groups in total. The molecule has 0 spiro atoms. The molecule has 0 aliphatic carbocycles. The first-order valence-corrected chi connectivity index (χ1v) is 11.0. The Hall–Kier alpha value is -0.861. The maximum Gasteiger partial charge on any atom is 0.0770 e. The second-order valence-corrected chi connectivity index (χ2v) is 8.21. The number of rotatable bonds is 6. The van der Waals surface area contributed by atoms with Gasteiger partial charge in [0, 0.05) is 23.6 Å². The molecular weight excluding hydrogens is 372 g/mol. The summed E-state index contributed by atoms with van der Waals surface area (Å²) >= 11 is 0. The van der Waals surface area contributed by atoms with E-state index in [0.29, 0.717) is 0 Å². The van der Waals surface area contributed by atoms with Gasteiger partial charge in [0.2, 0.25) is 0 Å². The molecule has 156 valence electrons. The van der Waals surface area contributed by atoms with Crippen molar-refractivity contribution in [3.63, 3.8) is 0 Å². The first-order valence-electron chi connectivity index (χ1n) is 11.0. The van der Waals surface area contributed by atoms with E-state index in [2.05, 4.69) is 48.5 Å². The van der Waals surface area contributed by atoms with Crippen LogP contribution < -0.4 is 9.80 Å². The van der Waals surface area contributed by atoms with Crippen molar-refractivity contribution in [3.05, 3.63) is 59.7 Å². The average Bonchev–Trinajstić information content (AvgIpc) is 3.41. The number of quaternary nitrogens is 2. The Morgan fingerprint density at radius 2 is 1.15 bits per heavy atom. The molecule has 2 saturated heterocycles. The minimum Gasteiger partial charge on any atom is -0.748 e. The van der Waals surface area contributed by atoms with E-state index >= 15 is 0 Å². The predicted octanol–water partition coefficient (Wildman–Crippen LogP) is 2.03. The van der Waals surface area contributed by atoms with Gasteiger partial charge in [0.25, 0.3) is 0 Å². The minimum absolute atomic E-state index is 0. The summed E-state index contributed by atoms with van der Waals surface area (Å²) < 4.78 is 0. The second-order valence-electron chi connectivity index (χ2n) is 8.21. The van der Waals surface area contributed by atoms with Crippen LogP contribution in [0.15, 0.2) is 48.5 Å². The predicted molar refractivity (Wildman–Crippen MR) is 110 cm³/mol. The van der Waals surface area contributed by atoms with Gasteiger partial charge in [-0.15, -0.1) is 0 Å². The van der Waals surface area contributed by atoms with Gasteiger partial charge in [-0.2, -0.15) is 24.1 Å². The van der Waals surface area contributed by atoms with Crippen molar-refractivity contribution in [1.29, 1.82) is 0 Å². The van der Waals surface area contributed by atoms with E-state index in [4.69, 9.17) is 0 Å². The van der Waals surface area contributed by atoms with Crippen molar-refractivity contribution in [3.8, 4) is 0 Å². The van der Waals surface area contributed by atoms with Crippen molar-refractivity contribution in [2.75, 3.05) is 39.3 Å². The number of piperidine rings is 2. The zero-order valence-electron chi connectivity index (χ0n) is 16.9. The van der Waals surface area contributed by atoms with Crippen LogP contribution in [0, 0.1) is 0 Å². The molecule has 2 aliphatic rings. The molecule has 2 aromatic carbocycles. The molecule has 0 atom stereocenters. The summed E-state index contributed by atoms with van der Waals surface area (Å²) in [5, 5.41) is 0. The van der Waals surface area contributed by atoms with E-state index in [1.165, 1.54) is 102 Å². The smallest absolute Gasteiger partial charge is 0.0770 e. The molecule has 2 aromatic rings. The summed E-state index contributed by atoms with van der Waals surface area (Å²) in [6.07, 6.45) is 11.2. The first kappa shape index (κ1) is 22.4. The Bertz CT molecular complexity index is 497. The van der Waals surface area contributed by atoms with Gasteiger partial charge in [-0.1, -0.05) is 0 Å². The van der Waals surface area contributed by atoms with Crippen LogP contribution in [-0.4, -0.2) is 39.3 Å². The fraction of sp³-hybridized carbons (Fsp3) is 0.583. The molecular formula is C24H38FeN2-4. The fourth-order valence-corrected chi connectivity index (χ4v) is 4.41. The van der Waals surface area contributed by atoms with Gasteiger partial charge < -0.3 is 39.6 Å². The Balaban J connectivity index is 0.000000187. The second kappa shape index (κ2) is 13.3. The topological polar surface area (TPSA) is 8.88 Å². The van der Waals surface area contributed by atoms with Crippen LogP contribution in [0.3, 0.4) is 0 Å². The zero-order valence-corrected chi connectivity index (χ0v) is 18.0. The molecule has 0 radical (unpaired) electrons. The average molecular weight is 410 g/mol. The van der Waals surface area contributed by atoms with Gasteiger partial charge in [0.05, 0.1) is 32.7 Å². The summed E-state index contributed by atoms with van der Waals surface area (Å²) in [6.45, 7) is 8.29. The molecule has 3 heteroatoms. The minimum atomic E-state index is 0. The van der Waals surface area contributed by atoms with E-state index in [1.807, 2.05) is 9.80 Å². The quantitative estimate of drug-likeness (QED) is 0.533. The molecule has 2 heterocycles. The van der Waals surface area contributed by atoms with Crippen molar-refractivity contribution in [2.24, 2.45) is 0 Å². The molecule has 2 nitrogen and oxygen atoms in total. The Morgan fingerprint density at radius 1 is 0.667 bits per heavy atom. The van der Waals surface area contributed by atoms with E-state index in [9.17, 15) is 0 Å². The van der Waals surface area contributed by atoms with Crippen LogP contribution in [0.25, 0.3) is 0 Å². The molecule has 0 saturated carbocycles. The summed E-state index contributed by atoms with van der Waals surface area (Å²) in [5.74, 6) is 0. The van der Waals surface area contributed by atoms with Crippen molar-refractivity contribution in [1.82, 2.24) is 0 Å². The summed E-state index contributed by atoms with van der Waals surface area (Å²) in [4.78, 5) is 3.62. The maximum atomic E-state index is 2.24. The van der Waals surface area contributed by atoms with Gasteiger partial charge in [0.15, 0.2) is 0 Å². The van der Waals surface area contributed by atoms with Gasteiger partial charge in [-0.05, 0) is 44.9 Å². The maximum absolute atomic E-state index is 2.24. The van der Waals surface area contributed by atoms with Crippen LogP contribution >= 0.6 is 0 Å². The van der Waals surface area contributed by atoms with E-state index in [-0.39, 0.29) is 17.1 Å². The summed E-state index contributed by atoms with van der Waals surface area (Å²) in [5.41, 5.74) is 3.02. The zero-order chi connectivity index (χ0) is 17.9. The van der Waals surface area contributed by atoms with Crippen molar-refractivity contribution in [2.45, 2.75) is 51.4 Å². The van der Waals surface area contributed by atoms with Gasteiger partial charge in [-0.25, -0.2) is 12.1 Å². The van der Waals surface area contributed by atoms with Gasteiger partial charge >= 0.3 is 0 Å². The Morgan fingerprint density at radius 3 is 1.67 bits per heavy atom. The van der Waals surface area contributed by atoms with Crippen LogP contribution in [-0.2, 0) is 29.9 Å². The monoisotopic (exact) mass is 410 g/mol. The number of hydrogen-bond acceptors (Lipinski definition) is 0. The number of hydrogen-bond donors (Lipinski definition) is 2. The third-order valence-corrected chi connectivity index (χ3v) is 6.12. The summed E-state index contributed by atoms with van der Waals surface area (Å²) in [7, 11) is 0. The third-order valence-electron chi connectivity index (χ3n) is 6.12. The number of nitrogens with one attached hydrogen (secondary N) is 2. The van der Waals surface area contributed by atoms with Crippen LogP contribution in [0.2, 0.25) is 0 Å². The molecule has 2 aliphatic heterocycles. The first-order chi connectivity index (χ1) is 12.9. The Kier molecular flexibility index (Phi) is 11.1. The number of likely N-dealkylation sites (tertiary alicyclic amines) is 2. The largest absolute Gasteiger partial charge is 0.748 e. The van der Waals surface area contributed by atoms with Gasteiger partial charge in [0.1, 0.15) is 0 Å². The normalized spacial score (nSPS) is 18.4. The molecule has 0 aromatic heterocycles. The van der Waals surface area contributed by atoms with Gasteiger partial charge in [-0.3, -0.25) is 0 Å². The molecule has 27 heavy (non-hydrogen) atoms. The molecule has 0 unspecified atom stereocenters. The fourth-order valence-electron chi connectivity index (χ4n) is 4.41. The van der Waals surface area contributed by atoms with E-state index in [0.717, 1.165) is 0 Å². The van der Waals surface area contributed by atoms with E-state index in [1.54, 1.807) is 0 Å². The van der Waals surface area contributed by atoms with E-state index < -0.39 is 0 Å². The van der Waals surface area contributed by atoms with Crippen LogP contribution in [0.4, 0.5) is 0 Å². The molecule has 0 amide bonds. The van der Waals surface area contributed by atoms with Crippen LogP contribution in [0.1, 0.15) is 49.7 Å². The summed E-state index contributed by atoms with van der Waals surface area (Å²) in [6, 6.07) is 17.5. The molecule has 4 rings (SSSR count). The Labute approximate surface area is 177 Å². The SMILES string of the molecule is [Fe].[cH-]1[cH-][cH-][c-](CC[NH+]2CCCCC2)[cH-]1.c1cc[c-](CC[NH+]2CCCCC2)c1. The van der Waals surface area contributed by atoms with Crippen molar-refractivity contribution >= 4 is 0 Å². The van der Waals surface area contributed by atoms with Crippen molar-refractivity contribution < 1.29 is 26.9 Å². The molecule has 2 fully saturated rings. The standard InChI is InChI=1S/2C12H18N.Fe/c2*1-4-9-13(10-5-1)11-8-12-6-2-3-7-12;/h2*2-3,6-7H,1,4-5,8-11H2;/q-5;-1;/p+2. The molecule has 0 bridgehead atoms.